The SMILES string of the molecule is COCc1ccc(C2CCCN2)cc1Cl. The van der Waals surface area contributed by atoms with Gasteiger partial charge in [0.1, 0.15) is 0 Å². The molecule has 0 bridgehead atoms. The summed E-state index contributed by atoms with van der Waals surface area (Å²) < 4.78 is 5.07. The van der Waals surface area contributed by atoms with Crippen molar-refractivity contribution in [3.63, 3.8) is 0 Å². The van der Waals surface area contributed by atoms with E-state index in [1.165, 1.54) is 18.4 Å². The minimum atomic E-state index is 0.485. The monoisotopic (exact) mass is 225 g/mol. The molecule has 0 spiro atoms. The lowest BCUT2D eigenvalue weighted by Gasteiger charge is -2.12. The first-order valence-electron chi connectivity index (χ1n) is 5.32. The van der Waals surface area contributed by atoms with E-state index >= 15 is 0 Å². The zero-order valence-corrected chi connectivity index (χ0v) is 9.68. The molecule has 2 nitrogen and oxygen atoms in total. The predicted octanol–water partition coefficient (Wildman–Crippen LogP) is 2.91. The summed E-state index contributed by atoms with van der Waals surface area (Å²) in [5.41, 5.74) is 2.35. The van der Waals surface area contributed by atoms with E-state index in [0.717, 1.165) is 17.1 Å². The average Bonchev–Trinajstić information content (AvgIpc) is 2.74. The van der Waals surface area contributed by atoms with E-state index in [1.54, 1.807) is 7.11 Å². The van der Waals surface area contributed by atoms with Crippen LogP contribution < -0.4 is 5.32 Å². The number of hydrogen-bond donors (Lipinski definition) is 1. The van der Waals surface area contributed by atoms with Gasteiger partial charge in [-0.2, -0.15) is 0 Å². The Hall–Kier alpha value is -0.570. The highest BCUT2D eigenvalue weighted by atomic mass is 35.5. The first-order chi connectivity index (χ1) is 7.31. The molecule has 1 N–H and O–H groups in total. The van der Waals surface area contributed by atoms with Gasteiger partial charge in [0.2, 0.25) is 0 Å². The summed E-state index contributed by atoms with van der Waals surface area (Å²) >= 11 is 6.18. The van der Waals surface area contributed by atoms with Crippen LogP contribution >= 0.6 is 11.6 Å². The van der Waals surface area contributed by atoms with Gasteiger partial charge in [-0.05, 0) is 36.6 Å². The largest absolute Gasteiger partial charge is 0.380 e. The lowest BCUT2D eigenvalue weighted by Crippen LogP contribution is -2.12. The van der Waals surface area contributed by atoms with Gasteiger partial charge < -0.3 is 10.1 Å². The maximum absolute atomic E-state index is 6.18. The molecule has 2 rings (SSSR count). The Morgan fingerprint density at radius 3 is 3.00 bits per heavy atom. The summed E-state index contributed by atoms with van der Waals surface area (Å²) in [4.78, 5) is 0. The van der Waals surface area contributed by atoms with Gasteiger partial charge in [-0.1, -0.05) is 23.7 Å². The van der Waals surface area contributed by atoms with E-state index in [1.807, 2.05) is 0 Å². The van der Waals surface area contributed by atoms with Crippen LogP contribution in [0, 0.1) is 0 Å². The van der Waals surface area contributed by atoms with E-state index in [4.69, 9.17) is 16.3 Å². The average molecular weight is 226 g/mol. The molecule has 1 aliphatic heterocycles. The first-order valence-corrected chi connectivity index (χ1v) is 5.69. The summed E-state index contributed by atoms with van der Waals surface area (Å²) in [6.45, 7) is 1.69. The highest BCUT2D eigenvalue weighted by molar-refractivity contribution is 6.31. The quantitative estimate of drug-likeness (QED) is 0.854. The maximum Gasteiger partial charge on any atom is 0.0727 e. The molecule has 0 aromatic heterocycles. The van der Waals surface area contributed by atoms with Crippen LogP contribution in [0.1, 0.15) is 30.0 Å². The maximum atomic E-state index is 6.18. The number of halogens is 1. The molecule has 1 atom stereocenters. The van der Waals surface area contributed by atoms with Gasteiger partial charge in [-0.3, -0.25) is 0 Å². The highest BCUT2D eigenvalue weighted by Crippen LogP contribution is 2.27. The normalized spacial score (nSPS) is 20.8. The van der Waals surface area contributed by atoms with Gasteiger partial charge in [0.15, 0.2) is 0 Å². The summed E-state index contributed by atoms with van der Waals surface area (Å²) in [7, 11) is 1.68. The molecule has 1 heterocycles. The van der Waals surface area contributed by atoms with Gasteiger partial charge in [0.25, 0.3) is 0 Å². The first kappa shape index (κ1) is 10.9. The minimum absolute atomic E-state index is 0.485. The number of rotatable bonds is 3. The third-order valence-electron chi connectivity index (χ3n) is 2.84. The second-order valence-corrected chi connectivity index (χ2v) is 4.34. The fourth-order valence-corrected chi connectivity index (χ4v) is 2.27. The smallest absolute Gasteiger partial charge is 0.0727 e. The van der Waals surface area contributed by atoms with Crippen molar-refractivity contribution in [3.8, 4) is 0 Å². The van der Waals surface area contributed by atoms with Crippen LogP contribution in [0.25, 0.3) is 0 Å². The highest BCUT2D eigenvalue weighted by Gasteiger charge is 2.16. The van der Waals surface area contributed by atoms with Crippen molar-refractivity contribution < 1.29 is 4.74 Å². The van der Waals surface area contributed by atoms with Crippen LogP contribution in [-0.2, 0) is 11.3 Å². The molecule has 1 aliphatic rings. The molecular formula is C12H16ClNO. The van der Waals surface area contributed by atoms with Crippen LogP contribution in [0.2, 0.25) is 5.02 Å². The number of methoxy groups -OCH3 is 1. The van der Waals surface area contributed by atoms with Crippen LogP contribution in [0.3, 0.4) is 0 Å². The van der Waals surface area contributed by atoms with Crippen LogP contribution in [-0.4, -0.2) is 13.7 Å². The van der Waals surface area contributed by atoms with Gasteiger partial charge >= 0.3 is 0 Å². The predicted molar refractivity (Wildman–Crippen MR) is 62.1 cm³/mol. The molecule has 1 aromatic rings. The van der Waals surface area contributed by atoms with Crippen molar-refractivity contribution in [1.29, 1.82) is 0 Å². The van der Waals surface area contributed by atoms with Crippen molar-refractivity contribution >= 4 is 11.6 Å². The molecule has 1 aromatic carbocycles. The third-order valence-corrected chi connectivity index (χ3v) is 3.19. The fraction of sp³-hybridized carbons (Fsp3) is 0.500. The molecule has 15 heavy (non-hydrogen) atoms. The minimum Gasteiger partial charge on any atom is -0.380 e. The van der Waals surface area contributed by atoms with E-state index < -0.39 is 0 Å². The Morgan fingerprint density at radius 1 is 1.53 bits per heavy atom. The summed E-state index contributed by atoms with van der Waals surface area (Å²) in [6.07, 6.45) is 2.46. The van der Waals surface area contributed by atoms with Gasteiger partial charge in [0.05, 0.1) is 6.61 Å². The topological polar surface area (TPSA) is 21.3 Å². The zero-order chi connectivity index (χ0) is 10.7. The van der Waals surface area contributed by atoms with Gasteiger partial charge in [0, 0.05) is 18.2 Å². The third kappa shape index (κ3) is 2.51. The summed E-state index contributed by atoms with van der Waals surface area (Å²) in [5, 5.41) is 4.27. The summed E-state index contributed by atoms with van der Waals surface area (Å²) in [6, 6.07) is 6.74. The number of benzene rings is 1. The molecular weight excluding hydrogens is 210 g/mol. The molecule has 0 saturated carbocycles. The second kappa shape index (κ2) is 4.97. The summed E-state index contributed by atoms with van der Waals surface area (Å²) in [5.74, 6) is 0. The van der Waals surface area contributed by atoms with Crippen molar-refractivity contribution in [2.75, 3.05) is 13.7 Å². The Bertz CT molecular complexity index is 334. The molecule has 3 heteroatoms. The zero-order valence-electron chi connectivity index (χ0n) is 8.92. The van der Waals surface area contributed by atoms with Crippen LogP contribution in [0.15, 0.2) is 18.2 Å². The molecule has 1 unspecified atom stereocenters. The van der Waals surface area contributed by atoms with Crippen molar-refractivity contribution in [1.82, 2.24) is 5.32 Å². The van der Waals surface area contributed by atoms with Crippen LogP contribution in [0.5, 0.6) is 0 Å². The van der Waals surface area contributed by atoms with Crippen LogP contribution in [0.4, 0.5) is 0 Å². The molecule has 1 saturated heterocycles. The molecule has 0 aliphatic carbocycles. The van der Waals surface area contributed by atoms with Crippen molar-refractivity contribution in [2.45, 2.75) is 25.5 Å². The van der Waals surface area contributed by atoms with Crippen molar-refractivity contribution in [2.24, 2.45) is 0 Å². The van der Waals surface area contributed by atoms with E-state index in [9.17, 15) is 0 Å². The number of hydrogen-bond acceptors (Lipinski definition) is 2. The van der Waals surface area contributed by atoms with Gasteiger partial charge in [-0.15, -0.1) is 0 Å². The molecule has 1 fully saturated rings. The lowest BCUT2D eigenvalue weighted by atomic mass is 10.0. The number of nitrogens with one attached hydrogen (secondary N) is 1. The molecule has 82 valence electrons. The Balaban J connectivity index is 2.16. The Morgan fingerprint density at radius 2 is 2.40 bits per heavy atom. The van der Waals surface area contributed by atoms with E-state index in [0.29, 0.717) is 12.6 Å². The molecule has 0 amide bonds. The Labute approximate surface area is 95.6 Å². The van der Waals surface area contributed by atoms with E-state index in [-0.39, 0.29) is 0 Å². The number of ether oxygens (including phenoxy) is 1. The fourth-order valence-electron chi connectivity index (χ4n) is 2.02. The Kier molecular flexibility index (Phi) is 3.62. The standard InChI is InChI=1S/C12H16ClNO/c1-15-8-10-5-4-9(7-11(10)13)12-3-2-6-14-12/h4-5,7,12,14H,2-3,6,8H2,1H3. The second-order valence-electron chi connectivity index (χ2n) is 3.93. The van der Waals surface area contributed by atoms with Gasteiger partial charge in [-0.25, -0.2) is 0 Å². The molecule has 0 radical (unpaired) electrons. The van der Waals surface area contributed by atoms with Crippen molar-refractivity contribution in [3.05, 3.63) is 34.3 Å². The van der Waals surface area contributed by atoms with E-state index in [2.05, 4.69) is 23.5 Å². The lowest BCUT2D eigenvalue weighted by molar-refractivity contribution is 0.185.